The molecule has 4 N–H and O–H groups in total. The van der Waals surface area contributed by atoms with Crippen molar-refractivity contribution in [2.45, 2.75) is 6.92 Å². The minimum absolute atomic E-state index is 0.0844. The van der Waals surface area contributed by atoms with Crippen molar-refractivity contribution in [3.8, 4) is 5.75 Å². The lowest BCUT2D eigenvalue weighted by atomic mass is 10.0. The lowest BCUT2D eigenvalue weighted by Crippen LogP contribution is -1.94. The van der Waals surface area contributed by atoms with Crippen LogP contribution < -0.4 is 5.73 Å². The van der Waals surface area contributed by atoms with Gasteiger partial charge in [-0.2, -0.15) is 0 Å². The highest BCUT2D eigenvalue weighted by atomic mass is 16.3. The largest absolute Gasteiger partial charge is 0.507 e. The minimum Gasteiger partial charge on any atom is -0.507 e. The van der Waals surface area contributed by atoms with Crippen molar-refractivity contribution >= 4 is 11.3 Å². The second-order valence-corrected chi connectivity index (χ2v) is 3.18. The maximum Gasteiger partial charge on any atom is 0.125 e. The van der Waals surface area contributed by atoms with E-state index in [1.165, 1.54) is 6.20 Å². The molecule has 0 aliphatic rings. The lowest BCUT2D eigenvalue weighted by molar-refractivity contribution is 0.474. The molecule has 0 fully saturated rings. The summed E-state index contributed by atoms with van der Waals surface area (Å²) in [6, 6.07) is 5.07. The first-order valence-corrected chi connectivity index (χ1v) is 4.53. The Kier molecular flexibility index (Phi) is 3.29. The van der Waals surface area contributed by atoms with Crippen molar-refractivity contribution in [2.24, 2.45) is 5.73 Å². The summed E-state index contributed by atoms with van der Waals surface area (Å²) in [6.45, 7) is 5.25. The number of benzene rings is 1. The number of nitrogens with two attached hydrogens (primary N) is 1. The molecule has 0 bridgehead atoms. The Morgan fingerprint density at radius 1 is 1.53 bits per heavy atom. The molecule has 0 unspecified atom stereocenters. The SMILES string of the molecule is C=C/C(=C\N)c1ccc(C(C)=N)c(O)c1. The number of phenolic OH excluding ortho intramolecular Hbond substituents is 1. The van der Waals surface area contributed by atoms with Crippen LogP contribution in [-0.2, 0) is 0 Å². The molecule has 0 saturated heterocycles. The minimum atomic E-state index is 0.0844. The molecule has 0 aromatic heterocycles. The fourth-order valence-corrected chi connectivity index (χ4v) is 1.31. The third-order valence-electron chi connectivity index (χ3n) is 2.13. The zero-order chi connectivity index (χ0) is 11.4. The van der Waals surface area contributed by atoms with Crippen molar-refractivity contribution in [1.29, 1.82) is 5.41 Å². The molecule has 0 atom stereocenters. The van der Waals surface area contributed by atoms with Crippen LogP contribution in [-0.4, -0.2) is 10.8 Å². The zero-order valence-corrected chi connectivity index (χ0v) is 8.62. The summed E-state index contributed by atoms with van der Waals surface area (Å²) in [4.78, 5) is 0. The molecular weight excluding hydrogens is 188 g/mol. The average Bonchev–Trinajstić information content (AvgIpc) is 2.19. The number of nitrogens with one attached hydrogen (secondary N) is 1. The molecule has 0 amide bonds. The fraction of sp³-hybridized carbons (Fsp3) is 0.0833. The molecule has 1 aromatic carbocycles. The Labute approximate surface area is 89.1 Å². The second kappa shape index (κ2) is 4.46. The maximum absolute atomic E-state index is 9.66. The summed E-state index contributed by atoms with van der Waals surface area (Å²) in [5.74, 6) is 0.0844. The van der Waals surface area contributed by atoms with Gasteiger partial charge in [0.1, 0.15) is 5.75 Å². The van der Waals surface area contributed by atoms with Crippen LogP contribution in [0.15, 0.2) is 37.1 Å². The zero-order valence-electron chi connectivity index (χ0n) is 8.62. The van der Waals surface area contributed by atoms with Crippen LogP contribution in [0.25, 0.3) is 5.57 Å². The molecule has 15 heavy (non-hydrogen) atoms. The van der Waals surface area contributed by atoms with E-state index < -0.39 is 0 Å². The maximum atomic E-state index is 9.66. The van der Waals surface area contributed by atoms with Crippen LogP contribution in [0.4, 0.5) is 0 Å². The number of rotatable bonds is 3. The smallest absolute Gasteiger partial charge is 0.125 e. The Hall–Kier alpha value is -2.03. The van der Waals surface area contributed by atoms with E-state index in [2.05, 4.69) is 6.58 Å². The summed E-state index contributed by atoms with van der Waals surface area (Å²) >= 11 is 0. The number of allylic oxidation sites excluding steroid dienone is 2. The fourth-order valence-electron chi connectivity index (χ4n) is 1.31. The summed E-state index contributed by atoms with van der Waals surface area (Å²) in [7, 11) is 0. The quantitative estimate of drug-likeness (QED) is 0.519. The Morgan fingerprint density at radius 3 is 2.60 bits per heavy atom. The summed E-state index contributed by atoms with van der Waals surface area (Å²) < 4.78 is 0. The molecular formula is C12H14N2O. The second-order valence-electron chi connectivity index (χ2n) is 3.18. The molecule has 1 aromatic rings. The van der Waals surface area contributed by atoms with Crippen LogP contribution >= 0.6 is 0 Å². The molecule has 0 aliphatic carbocycles. The van der Waals surface area contributed by atoms with Gasteiger partial charge in [0, 0.05) is 17.5 Å². The van der Waals surface area contributed by atoms with E-state index in [1.807, 2.05) is 0 Å². The van der Waals surface area contributed by atoms with Gasteiger partial charge in [-0.3, -0.25) is 0 Å². The van der Waals surface area contributed by atoms with Crippen LogP contribution in [0.3, 0.4) is 0 Å². The Balaban J connectivity index is 3.23. The average molecular weight is 202 g/mol. The van der Waals surface area contributed by atoms with E-state index in [-0.39, 0.29) is 5.75 Å². The highest BCUT2D eigenvalue weighted by Gasteiger charge is 2.05. The summed E-state index contributed by atoms with van der Waals surface area (Å²) in [6.07, 6.45) is 3.05. The molecule has 0 spiro atoms. The Morgan fingerprint density at radius 2 is 2.20 bits per heavy atom. The first kappa shape index (κ1) is 11.0. The molecule has 3 nitrogen and oxygen atoms in total. The molecule has 0 heterocycles. The molecule has 0 saturated carbocycles. The van der Waals surface area contributed by atoms with Gasteiger partial charge in [0.05, 0.1) is 0 Å². The van der Waals surface area contributed by atoms with E-state index in [0.717, 1.165) is 11.1 Å². The number of aromatic hydroxyl groups is 1. The predicted molar refractivity (Wildman–Crippen MR) is 63.0 cm³/mol. The molecule has 1 rings (SSSR count). The third-order valence-corrected chi connectivity index (χ3v) is 2.13. The van der Waals surface area contributed by atoms with Crippen LogP contribution in [0, 0.1) is 5.41 Å². The van der Waals surface area contributed by atoms with Crippen LogP contribution in [0.2, 0.25) is 0 Å². The highest BCUT2D eigenvalue weighted by molar-refractivity contribution is 5.99. The van der Waals surface area contributed by atoms with Crippen molar-refractivity contribution < 1.29 is 5.11 Å². The van der Waals surface area contributed by atoms with E-state index in [9.17, 15) is 5.11 Å². The van der Waals surface area contributed by atoms with Crippen LogP contribution in [0.5, 0.6) is 5.75 Å². The van der Waals surface area contributed by atoms with Gasteiger partial charge >= 0.3 is 0 Å². The molecule has 0 radical (unpaired) electrons. The standard InChI is InChI=1S/C12H14N2O/c1-3-9(7-13)10-4-5-11(8(2)14)12(15)6-10/h3-7,14-15H,1,13H2,2H3/b9-7+,14-8?. The number of phenols is 1. The van der Waals surface area contributed by atoms with Gasteiger partial charge in [-0.05, 0) is 30.2 Å². The predicted octanol–water partition coefficient (Wildman–Crippen LogP) is 2.27. The van der Waals surface area contributed by atoms with E-state index in [0.29, 0.717) is 11.3 Å². The monoisotopic (exact) mass is 202 g/mol. The van der Waals surface area contributed by atoms with Gasteiger partial charge in [0.25, 0.3) is 0 Å². The van der Waals surface area contributed by atoms with E-state index >= 15 is 0 Å². The number of hydrogen-bond acceptors (Lipinski definition) is 3. The molecule has 3 heteroatoms. The van der Waals surface area contributed by atoms with Gasteiger partial charge in [-0.1, -0.05) is 18.7 Å². The van der Waals surface area contributed by atoms with Gasteiger partial charge < -0.3 is 16.2 Å². The van der Waals surface area contributed by atoms with Gasteiger partial charge in [-0.15, -0.1) is 0 Å². The topological polar surface area (TPSA) is 70.1 Å². The first-order chi connectivity index (χ1) is 7.10. The molecule has 78 valence electrons. The van der Waals surface area contributed by atoms with Crippen molar-refractivity contribution in [2.75, 3.05) is 0 Å². The van der Waals surface area contributed by atoms with Gasteiger partial charge in [0.15, 0.2) is 0 Å². The van der Waals surface area contributed by atoms with Crippen LogP contribution in [0.1, 0.15) is 18.1 Å². The van der Waals surface area contributed by atoms with Gasteiger partial charge in [-0.25, -0.2) is 0 Å². The first-order valence-electron chi connectivity index (χ1n) is 4.53. The van der Waals surface area contributed by atoms with E-state index in [4.69, 9.17) is 11.1 Å². The van der Waals surface area contributed by atoms with Crippen molar-refractivity contribution in [3.05, 3.63) is 48.2 Å². The van der Waals surface area contributed by atoms with Crippen molar-refractivity contribution in [3.63, 3.8) is 0 Å². The highest BCUT2D eigenvalue weighted by Crippen LogP contribution is 2.23. The Bertz CT molecular complexity index is 433. The summed E-state index contributed by atoms with van der Waals surface area (Å²) in [5.41, 5.74) is 7.80. The lowest BCUT2D eigenvalue weighted by Gasteiger charge is -2.06. The van der Waals surface area contributed by atoms with E-state index in [1.54, 1.807) is 31.2 Å². The normalized spacial score (nSPS) is 11.1. The van der Waals surface area contributed by atoms with Gasteiger partial charge in [0.2, 0.25) is 0 Å². The van der Waals surface area contributed by atoms with Crippen molar-refractivity contribution in [1.82, 2.24) is 0 Å². The number of hydrogen-bond donors (Lipinski definition) is 3. The summed E-state index contributed by atoms with van der Waals surface area (Å²) in [5, 5.41) is 17.1. The molecule has 0 aliphatic heterocycles. The third kappa shape index (κ3) is 2.26.